The van der Waals surface area contributed by atoms with E-state index in [1.807, 2.05) is 6.07 Å². The van der Waals surface area contributed by atoms with Gasteiger partial charge in [0, 0.05) is 24.8 Å². The summed E-state index contributed by atoms with van der Waals surface area (Å²) in [5, 5.41) is 11.6. The Balaban J connectivity index is 1.61. The quantitative estimate of drug-likeness (QED) is 0.918. The summed E-state index contributed by atoms with van der Waals surface area (Å²) in [4.78, 5) is 13.7. The van der Waals surface area contributed by atoms with Gasteiger partial charge in [0.15, 0.2) is 11.6 Å². The van der Waals surface area contributed by atoms with Gasteiger partial charge in [-0.3, -0.25) is 0 Å². The van der Waals surface area contributed by atoms with E-state index < -0.39 is 5.82 Å². The van der Waals surface area contributed by atoms with Gasteiger partial charge in [-0.15, -0.1) is 0 Å². The number of hydrogen-bond acceptors (Lipinski definition) is 3. The molecule has 2 aromatic rings. The van der Waals surface area contributed by atoms with Crippen LogP contribution in [0.25, 0.3) is 0 Å². The molecule has 1 saturated heterocycles. The van der Waals surface area contributed by atoms with E-state index in [4.69, 9.17) is 10.00 Å². The zero-order valence-corrected chi connectivity index (χ0v) is 13.7. The van der Waals surface area contributed by atoms with Gasteiger partial charge in [0.1, 0.15) is 6.61 Å². The predicted octanol–water partition coefficient (Wildman–Crippen LogP) is 3.90. The van der Waals surface area contributed by atoms with Gasteiger partial charge in [0.2, 0.25) is 0 Å². The average molecular weight is 339 g/mol. The van der Waals surface area contributed by atoms with Crippen molar-refractivity contribution in [2.75, 3.05) is 18.4 Å². The van der Waals surface area contributed by atoms with Crippen LogP contribution in [0.4, 0.5) is 14.9 Å². The molecule has 1 fully saturated rings. The van der Waals surface area contributed by atoms with Crippen molar-refractivity contribution in [2.24, 2.45) is 0 Å². The number of carbonyl (C=O) groups excluding carboxylic acids is 1. The molecule has 3 rings (SSSR count). The molecule has 0 aliphatic carbocycles. The second-order valence-electron chi connectivity index (χ2n) is 5.87. The number of hydrogen-bond donors (Lipinski definition) is 1. The fourth-order valence-electron chi connectivity index (χ4n) is 2.71. The van der Waals surface area contributed by atoms with Gasteiger partial charge in [0.25, 0.3) is 0 Å². The summed E-state index contributed by atoms with van der Waals surface area (Å²) >= 11 is 0. The number of likely N-dealkylation sites (tertiary alicyclic amines) is 1. The summed E-state index contributed by atoms with van der Waals surface area (Å²) in [6.45, 7) is 1.63. The molecule has 5 nitrogen and oxygen atoms in total. The highest BCUT2D eigenvalue weighted by molar-refractivity contribution is 5.89. The number of amides is 2. The zero-order valence-electron chi connectivity index (χ0n) is 13.7. The minimum Gasteiger partial charge on any atom is -0.486 e. The number of nitriles is 1. The van der Waals surface area contributed by atoms with E-state index in [0.29, 0.717) is 11.3 Å². The van der Waals surface area contributed by atoms with E-state index in [-0.39, 0.29) is 18.4 Å². The number of urea groups is 1. The monoisotopic (exact) mass is 339 g/mol. The Morgan fingerprint density at radius 2 is 2.04 bits per heavy atom. The fraction of sp³-hybridized carbons (Fsp3) is 0.263. The third-order valence-electron chi connectivity index (χ3n) is 4.03. The molecule has 0 radical (unpaired) electrons. The van der Waals surface area contributed by atoms with Crippen LogP contribution in [0.1, 0.15) is 24.0 Å². The Bertz CT molecular complexity index is 811. The minimum absolute atomic E-state index is 0.0986. The number of benzene rings is 2. The van der Waals surface area contributed by atoms with E-state index in [1.54, 1.807) is 29.2 Å². The molecule has 0 saturated carbocycles. The molecule has 0 atom stereocenters. The summed E-state index contributed by atoms with van der Waals surface area (Å²) in [6, 6.07) is 13.1. The smallest absolute Gasteiger partial charge is 0.321 e. The van der Waals surface area contributed by atoms with Crippen molar-refractivity contribution in [3.63, 3.8) is 0 Å². The topological polar surface area (TPSA) is 65.4 Å². The molecule has 1 heterocycles. The van der Waals surface area contributed by atoms with Crippen LogP contribution < -0.4 is 10.1 Å². The van der Waals surface area contributed by atoms with Gasteiger partial charge in [-0.2, -0.15) is 5.26 Å². The Hall–Kier alpha value is -3.07. The second-order valence-corrected chi connectivity index (χ2v) is 5.87. The van der Waals surface area contributed by atoms with Crippen molar-refractivity contribution < 1.29 is 13.9 Å². The molecule has 0 spiro atoms. The van der Waals surface area contributed by atoms with Crippen LogP contribution in [0, 0.1) is 17.1 Å². The molecule has 2 aromatic carbocycles. The Labute approximate surface area is 145 Å². The van der Waals surface area contributed by atoms with E-state index >= 15 is 0 Å². The zero-order chi connectivity index (χ0) is 17.6. The number of nitrogens with zero attached hydrogens (tertiary/aromatic N) is 2. The first-order chi connectivity index (χ1) is 12.2. The van der Waals surface area contributed by atoms with Crippen LogP contribution in [-0.2, 0) is 6.61 Å². The van der Waals surface area contributed by atoms with E-state index in [0.717, 1.165) is 31.5 Å². The van der Waals surface area contributed by atoms with Crippen LogP contribution in [-0.4, -0.2) is 24.0 Å². The first-order valence-electron chi connectivity index (χ1n) is 8.13. The highest BCUT2D eigenvalue weighted by Crippen LogP contribution is 2.23. The SMILES string of the molecule is N#Cc1cccc(COc2ccc(NC(=O)N3CCCC3)cc2F)c1. The number of ether oxygens (including phenoxy) is 1. The molecule has 25 heavy (non-hydrogen) atoms. The number of rotatable bonds is 4. The van der Waals surface area contributed by atoms with Crippen molar-refractivity contribution in [3.05, 3.63) is 59.4 Å². The van der Waals surface area contributed by atoms with Gasteiger partial charge >= 0.3 is 6.03 Å². The molecule has 1 aliphatic rings. The maximum atomic E-state index is 14.2. The molecule has 0 unspecified atom stereocenters. The summed E-state index contributed by atoms with van der Waals surface area (Å²) in [6.07, 6.45) is 2.00. The van der Waals surface area contributed by atoms with E-state index in [1.165, 1.54) is 12.1 Å². The lowest BCUT2D eigenvalue weighted by atomic mass is 10.1. The Kier molecular flexibility index (Phi) is 5.14. The maximum absolute atomic E-state index is 14.2. The highest BCUT2D eigenvalue weighted by atomic mass is 19.1. The minimum atomic E-state index is -0.546. The van der Waals surface area contributed by atoms with Crippen LogP contribution in [0.15, 0.2) is 42.5 Å². The molecule has 6 heteroatoms. The van der Waals surface area contributed by atoms with Gasteiger partial charge in [0.05, 0.1) is 11.6 Å². The Morgan fingerprint density at radius 1 is 1.24 bits per heavy atom. The van der Waals surface area contributed by atoms with Crippen molar-refractivity contribution in [2.45, 2.75) is 19.4 Å². The van der Waals surface area contributed by atoms with Crippen LogP contribution >= 0.6 is 0 Å². The second kappa shape index (κ2) is 7.67. The van der Waals surface area contributed by atoms with Gasteiger partial charge < -0.3 is 15.0 Å². The predicted molar refractivity (Wildman–Crippen MR) is 91.7 cm³/mol. The van der Waals surface area contributed by atoms with Gasteiger partial charge in [-0.25, -0.2) is 9.18 Å². The maximum Gasteiger partial charge on any atom is 0.321 e. The van der Waals surface area contributed by atoms with Crippen molar-refractivity contribution in [1.29, 1.82) is 5.26 Å². The third-order valence-corrected chi connectivity index (χ3v) is 4.03. The average Bonchev–Trinajstić information content (AvgIpc) is 3.16. The molecule has 128 valence electrons. The van der Waals surface area contributed by atoms with Crippen LogP contribution in [0.3, 0.4) is 0 Å². The largest absolute Gasteiger partial charge is 0.486 e. The summed E-state index contributed by atoms with van der Waals surface area (Å²) in [5.74, 6) is -0.447. The molecule has 1 aliphatic heterocycles. The Morgan fingerprint density at radius 3 is 2.76 bits per heavy atom. The van der Waals surface area contributed by atoms with Crippen molar-refractivity contribution in [1.82, 2.24) is 4.90 Å². The van der Waals surface area contributed by atoms with Gasteiger partial charge in [-0.1, -0.05) is 12.1 Å². The number of carbonyl (C=O) groups is 1. The molecule has 1 N–H and O–H groups in total. The van der Waals surface area contributed by atoms with Gasteiger partial charge in [-0.05, 0) is 42.7 Å². The molecule has 0 aromatic heterocycles. The lowest BCUT2D eigenvalue weighted by Crippen LogP contribution is -2.32. The lowest BCUT2D eigenvalue weighted by Gasteiger charge is -2.16. The van der Waals surface area contributed by atoms with Crippen molar-refractivity contribution in [3.8, 4) is 11.8 Å². The normalized spacial score (nSPS) is 13.4. The number of nitrogens with one attached hydrogen (secondary N) is 1. The molecular formula is C19H18FN3O2. The van der Waals surface area contributed by atoms with Crippen LogP contribution in [0.5, 0.6) is 5.75 Å². The van der Waals surface area contributed by atoms with Crippen LogP contribution in [0.2, 0.25) is 0 Å². The number of anilines is 1. The van der Waals surface area contributed by atoms with E-state index in [2.05, 4.69) is 11.4 Å². The standard InChI is InChI=1S/C19H18FN3O2/c20-17-11-16(22-19(24)23-8-1-2-9-23)6-7-18(17)25-13-15-5-3-4-14(10-15)12-21/h3-7,10-11H,1-2,8-9,13H2,(H,22,24). The molecular weight excluding hydrogens is 321 g/mol. The first-order valence-corrected chi connectivity index (χ1v) is 8.13. The molecule has 2 amide bonds. The highest BCUT2D eigenvalue weighted by Gasteiger charge is 2.18. The fourth-order valence-corrected chi connectivity index (χ4v) is 2.71. The number of halogens is 1. The first kappa shape index (κ1) is 16.8. The lowest BCUT2D eigenvalue weighted by molar-refractivity contribution is 0.222. The summed E-state index contributed by atoms with van der Waals surface area (Å²) in [5.41, 5.74) is 1.71. The summed E-state index contributed by atoms with van der Waals surface area (Å²) in [7, 11) is 0. The third kappa shape index (κ3) is 4.27. The van der Waals surface area contributed by atoms with E-state index in [9.17, 15) is 9.18 Å². The van der Waals surface area contributed by atoms with Crippen molar-refractivity contribution >= 4 is 11.7 Å². The molecule has 0 bridgehead atoms. The summed E-state index contributed by atoms with van der Waals surface area (Å²) < 4.78 is 19.7.